The van der Waals surface area contributed by atoms with Crippen molar-refractivity contribution in [1.82, 2.24) is 4.98 Å². The van der Waals surface area contributed by atoms with Crippen LogP contribution in [0.5, 0.6) is 0 Å². The lowest BCUT2D eigenvalue weighted by atomic mass is 10.1. The van der Waals surface area contributed by atoms with E-state index in [2.05, 4.69) is 4.98 Å². The zero-order valence-electron chi connectivity index (χ0n) is 16.5. The Hall–Kier alpha value is -3.72. The Balaban J connectivity index is 1.80. The molecule has 9 heteroatoms. The zero-order valence-corrected chi connectivity index (χ0v) is 17.3. The molecule has 0 spiro atoms. The van der Waals surface area contributed by atoms with Gasteiger partial charge in [-0.1, -0.05) is 30.0 Å². The zero-order chi connectivity index (χ0) is 22.2. The molecule has 2 aromatic carbocycles. The third-order valence-electron chi connectivity index (χ3n) is 4.44. The van der Waals surface area contributed by atoms with E-state index in [1.54, 1.807) is 12.3 Å². The van der Waals surface area contributed by atoms with Gasteiger partial charge in [0.05, 0.1) is 10.4 Å². The van der Waals surface area contributed by atoms with E-state index in [-0.39, 0.29) is 11.3 Å². The average Bonchev–Trinajstić information content (AvgIpc) is 2.71. The first-order chi connectivity index (χ1) is 14.7. The lowest BCUT2D eigenvalue weighted by molar-refractivity contribution is -0.384. The topological polar surface area (TPSA) is 109 Å². The SMILES string of the molecule is CC1(C)OC(=O)C(=Cc2cc([N+](=O)[O-])ccc2Sc2cccc3cccnc23)C(=O)O1. The van der Waals surface area contributed by atoms with Crippen molar-refractivity contribution in [2.75, 3.05) is 0 Å². The van der Waals surface area contributed by atoms with Crippen LogP contribution in [0.25, 0.3) is 17.0 Å². The van der Waals surface area contributed by atoms with Crippen LogP contribution >= 0.6 is 11.8 Å². The number of non-ortho nitro benzene ring substituents is 1. The number of ether oxygens (including phenoxy) is 2. The number of nitrogens with zero attached hydrogens (tertiary/aromatic N) is 2. The third kappa shape index (κ3) is 4.26. The van der Waals surface area contributed by atoms with Crippen molar-refractivity contribution < 1.29 is 24.0 Å². The molecule has 0 atom stereocenters. The molecule has 0 unspecified atom stereocenters. The fraction of sp³-hybridized carbons (Fsp3) is 0.136. The molecule has 4 rings (SSSR count). The molecule has 0 aliphatic carbocycles. The van der Waals surface area contributed by atoms with E-state index >= 15 is 0 Å². The van der Waals surface area contributed by atoms with Crippen LogP contribution in [0.2, 0.25) is 0 Å². The van der Waals surface area contributed by atoms with Gasteiger partial charge >= 0.3 is 11.9 Å². The Kier molecular flexibility index (Phi) is 5.20. The largest absolute Gasteiger partial charge is 0.419 e. The molecule has 0 radical (unpaired) electrons. The van der Waals surface area contributed by atoms with Crippen molar-refractivity contribution in [2.45, 2.75) is 29.4 Å². The van der Waals surface area contributed by atoms with Gasteiger partial charge in [0.2, 0.25) is 0 Å². The number of pyridine rings is 1. The molecule has 156 valence electrons. The fourth-order valence-corrected chi connectivity index (χ4v) is 4.09. The van der Waals surface area contributed by atoms with Gasteiger partial charge in [-0.2, -0.15) is 0 Å². The van der Waals surface area contributed by atoms with Gasteiger partial charge in [0.1, 0.15) is 5.57 Å². The molecule has 8 nitrogen and oxygen atoms in total. The van der Waals surface area contributed by atoms with Crippen LogP contribution in [0.1, 0.15) is 19.4 Å². The summed E-state index contributed by atoms with van der Waals surface area (Å²) >= 11 is 1.32. The van der Waals surface area contributed by atoms with Crippen molar-refractivity contribution in [2.24, 2.45) is 0 Å². The summed E-state index contributed by atoms with van der Waals surface area (Å²) in [5.74, 6) is -3.08. The van der Waals surface area contributed by atoms with Crippen LogP contribution < -0.4 is 0 Å². The average molecular weight is 436 g/mol. The number of cyclic esters (lactones) is 2. The first kappa shape index (κ1) is 20.5. The number of rotatable bonds is 4. The molecule has 0 amide bonds. The summed E-state index contributed by atoms with van der Waals surface area (Å²) in [7, 11) is 0. The Morgan fingerprint density at radius 3 is 2.45 bits per heavy atom. The van der Waals surface area contributed by atoms with Crippen molar-refractivity contribution in [1.29, 1.82) is 0 Å². The Morgan fingerprint density at radius 2 is 1.74 bits per heavy atom. The summed E-state index contributed by atoms with van der Waals surface area (Å²) < 4.78 is 10.2. The Morgan fingerprint density at radius 1 is 1.03 bits per heavy atom. The van der Waals surface area contributed by atoms with E-state index in [1.807, 2.05) is 30.3 Å². The maximum atomic E-state index is 12.3. The molecule has 1 saturated heterocycles. The molecule has 1 aliphatic rings. The van der Waals surface area contributed by atoms with E-state index in [9.17, 15) is 19.7 Å². The summed E-state index contributed by atoms with van der Waals surface area (Å²) in [4.78, 5) is 41.3. The summed E-state index contributed by atoms with van der Waals surface area (Å²) in [5, 5.41) is 12.2. The van der Waals surface area contributed by atoms with Gasteiger partial charge in [0.15, 0.2) is 0 Å². The highest BCUT2D eigenvalue weighted by atomic mass is 32.2. The first-order valence-electron chi connectivity index (χ1n) is 9.22. The minimum atomic E-state index is -1.37. The van der Waals surface area contributed by atoms with Gasteiger partial charge in [-0.3, -0.25) is 15.1 Å². The maximum absolute atomic E-state index is 12.3. The van der Waals surface area contributed by atoms with E-state index in [1.165, 1.54) is 43.8 Å². The Labute approximate surface area is 181 Å². The quantitative estimate of drug-likeness (QED) is 0.193. The number of aromatic nitrogens is 1. The van der Waals surface area contributed by atoms with Gasteiger partial charge in [-0.25, -0.2) is 9.59 Å². The van der Waals surface area contributed by atoms with Crippen molar-refractivity contribution in [3.8, 4) is 0 Å². The first-order valence-corrected chi connectivity index (χ1v) is 10.0. The fourth-order valence-electron chi connectivity index (χ4n) is 3.07. The lowest BCUT2D eigenvalue weighted by Crippen LogP contribution is -2.41. The van der Waals surface area contributed by atoms with Crippen LogP contribution in [0, 0.1) is 10.1 Å². The number of para-hydroxylation sites is 1. The van der Waals surface area contributed by atoms with Gasteiger partial charge in [0, 0.05) is 47.4 Å². The molecule has 0 saturated carbocycles. The highest BCUT2D eigenvalue weighted by Gasteiger charge is 2.39. The molecular formula is C22H16N2O6S. The van der Waals surface area contributed by atoms with Crippen molar-refractivity contribution in [3.63, 3.8) is 0 Å². The van der Waals surface area contributed by atoms with Crippen LogP contribution in [0.15, 0.2) is 70.1 Å². The highest BCUT2D eigenvalue weighted by molar-refractivity contribution is 7.99. The number of hydrogen-bond donors (Lipinski definition) is 0. The minimum Gasteiger partial charge on any atom is -0.419 e. The molecule has 3 aromatic rings. The monoisotopic (exact) mass is 436 g/mol. The second-order valence-electron chi connectivity index (χ2n) is 7.15. The maximum Gasteiger partial charge on any atom is 0.348 e. The second kappa shape index (κ2) is 7.84. The molecule has 1 aromatic heterocycles. The minimum absolute atomic E-state index is 0.176. The summed E-state index contributed by atoms with van der Waals surface area (Å²) in [6, 6.07) is 13.7. The van der Waals surface area contributed by atoms with Gasteiger partial charge in [-0.15, -0.1) is 0 Å². The number of esters is 2. The number of nitro groups is 1. The molecule has 1 aliphatic heterocycles. The van der Waals surface area contributed by atoms with Crippen molar-refractivity contribution >= 4 is 46.4 Å². The molecule has 0 N–H and O–H groups in total. The van der Waals surface area contributed by atoms with Crippen LogP contribution in [-0.2, 0) is 19.1 Å². The summed E-state index contributed by atoms with van der Waals surface area (Å²) in [5.41, 5.74) is 0.573. The number of carbonyl (C=O) groups is 2. The van der Waals surface area contributed by atoms with Gasteiger partial charge in [0.25, 0.3) is 11.5 Å². The van der Waals surface area contributed by atoms with Crippen LogP contribution in [-0.4, -0.2) is 27.6 Å². The van der Waals surface area contributed by atoms with E-state index in [0.717, 1.165) is 15.8 Å². The standard InChI is InChI=1S/C22H16N2O6S/c1-22(2)29-20(25)16(21(26)30-22)12-14-11-15(24(27)28)8-9-17(14)31-18-7-3-5-13-6-4-10-23-19(13)18/h3-12H,1-2H3. The molecule has 2 heterocycles. The predicted molar refractivity (Wildman–Crippen MR) is 113 cm³/mol. The number of nitro benzene ring substituents is 1. The van der Waals surface area contributed by atoms with Crippen molar-refractivity contribution in [3.05, 3.63) is 76.0 Å². The summed E-state index contributed by atoms with van der Waals surface area (Å²) in [6.45, 7) is 2.89. The molecular weight excluding hydrogens is 420 g/mol. The Bertz CT molecular complexity index is 1240. The number of hydrogen-bond acceptors (Lipinski definition) is 8. The van der Waals surface area contributed by atoms with Gasteiger partial charge < -0.3 is 9.47 Å². The van der Waals surface area contributed by atoms with Crippen LogP contribution in [0.3, 0.4) is 0 Å². The molecule has 1 fully saturated rings. The molecule has 31 heavy (non-hydrogen) atoms. The highest BCUT2D eigenvalue weighted by Crippen LogP contribution is 2.37. The second-order valence-corrected chi connectivity index (χ2v) is 8.23. The van der Waals surface area contributed by atoms with E-state index in [0.29, 0.717) is 10.5 Å². The van der Waals surface area contributed by atoms with E-state index in [4.69, 9.17) is 9.47 Å². The third-order valence-corrected chi connectivity index (χ3v) is 5.58. The van der Waals surface area contributed by atoms with E-state index < -0.39 is 22.6 Å². The predicted octanol–water partition coefficient (Wildman–Crippen LogP) is 4.51. The lowest BCUT2D eigenvalue weighted by Gasteiger charge is -2.29. The normalized spacial score (nSPS) is 15.4. The number of carbonyl (C=O) groups excluding carboxylic acids is 2. The smallest absolute Gasteiger partial charge is 0.348 e. The van der Waals surface area contributed by atoms with Crippen LogP contribution in [0.4, 0.5) is 5.69 Å². The number of fused-ring (bicyclic) bond motifs is 1. The molecule has 0 bridgehead atoms. The summed E-state index contributed by atoms with van der Waals surface area (Å²) in [6.07, 6.45) is 2.94. The number of benzene rings is 2. The van der Waals surface area contributed by atoms with Gasteiger partial charge in [-0.05, 0) is 29.8 Å².